The number of fused-ring (bicyclic) bond motifs is 1. The van der Waals surface area contributed by atoms with Gasteiger partial charge in [0.15, 0.2) is 0 Å². The van der Waals surface area contributed by atoms with Crippen LogP contribution in [0.4, 0.5) is 9.59 Å². The quantitative estimate of drug-likeness (QED) is 0.183. The Hall–Kier alpha value is -4.67. The zero-order valence-corrected chi connectivity index (χ0v) is 20.6. The summed E-state index contributed by atoms with van der Waals surface area (Å²) in [6.07, 6.45) is -2.01. The second kappa shape index (κ2) is 13.0. The molecule has 4 rings (SSSR count). The van der Waals surface area contributed by atoms with E-state index in [1.54, 1.807) is 92.0 Å². The Morgan fingerprint density at radius 1 is 0.737 bits per heavy atom. The summed E-state index contributed by atoms with van der Waals surface area (Å²) in [6, 6.07) is 23.3. The number of carbonyl (C=O) groups excluding carboxylic acids is 3. The van der Waals surface area contributed by atoms with E-state index in [4.69, 9.17) is 23.7 Å². The molecule has 0 aliphatic heterocycles. The Bertz CT molecular complexity index is 1390. The monoisotopic (exact) mass is 518 g/mol. The van der Waals surface area contributed by atoms with Gasteiger partial charge in [-0.25, -0.2) is 14.2 Å². The molecule has 38 heavy (non-hydrogen) atoms. The topological polar surface area (TPSA) is 114 Å². The Morgan fingerprint density at radius 2 is 1.37 bits per heavy atom. The van der Waals surface area contributed by atoms with Gasteiger partial charge in [0.05, 0.1) is 25.3 Å². The van der Waals surface area contributed by atoms with Gasteiger partial charge in [-0.05, 0) is 30.3 Å². The van der Waals surface area contributed by atoms with Crippen molar-refractivity contribution in [3.63, 3.8) is 0 Å². The van der Waals surface area contributed by atoms with Crippen molar-refractivity contribution in [2.24, 2.45) is 0 Å². The van der Waals surface area contributed by atoms with E-state index in [1.165, 1.54) is 0 Å². The van der Waals surface area contributed by atoms with Crippen LogP contribution < -0.4 is 19.5 Å². The van der Waals surface area contributed by atoms with Crippen molar-refractivity contribution >= 4 is 29.1 Å². The van der Waals surface area contributed by atoms with E-state index in [-0.39, 0.29) is 36.1 Å². The first kappa shape index (κ1) is 26.4. The molecule has 4 aromatic rings. The third-order valence-electron chi connectivity index (χ3n) is 5.28. The standard InChI is InChI=1S/C28H26N2O8/c1-34-18-19-35-17-16-29-25(31)24-22-14-8-9-15-23(22)30(27(32)36-20-10-4-2-5-11-20)26(24)38-28(33)37-21-12-6-3-7-13-21/h2-15H,16-19H2,1H3,(H,29,31). The lowest BCUT2D eigenvalue weighted by Crippen LogP contribution is -2.29. The molecule has 0 unspecified atom stereocenters. The molecule has 10 heteroatoms. The number of nitrogens with one attached hydrogen (secondary N) is 1. The van der Waals surface area contributed by atoms with E-state index >= 15 is 0 Å². The fraction of sp³-hybridized carbons (Fsp3) is 0.179. The molecular formula is C28H26N2O8. The largest absolute Gasteiger partial charge is 0.520 e. The van der Waals surface area contributed by atoms with E-state index in [2.05, 4.69) is 5.32 Å². The van der Waals surface area contributed by atoms with Crippen LogP contribution in [-0.2, 0) is 9.47 Å². The Morgan fingerprint density at radius 3 is 2.05 bits per heavy atom. The molecule has 0 aliphatic rings. The molecule has 196 valence electrons. The summed E-state index contributed by atoms with van der Waals surface area (Å²) in [4.78, 5) is 39.4. The van der Waals surface area contributed by atoms with E-state index in [1.807, 2.05) is 0 Å². The Balaban J connectivity index is 1.68. The van der Waals surface area contributed by atoms with Crippen molar-refractivity contribution in [2.45, 2.75) is 0 Å². The number of amides is 1. The molecule has 1 aromatic heterocycles. The fourth-order valence-electron chi connectivity index (χ4n) is 3.60. The van der Waals surface area contributed by atoms with Crippen LogP contribution in [0.5, 0.6) is 17.4 Å². The van der Waals surface area contributed by atoms with E-state index in [9.17, 15) is 14.4 Å². The third-order valence-corrected chi connectivity index (χ3v) is 5.28. The molecule has 0 fully saturated rings. The smallest absolute Gasteiger partial charge is 0.410 e. The third kappa shape index (κ3) is 6.55. The molecule has 0 bridgehead atoms. The van der Waals surface area contributed by atoms with E-state index < -0.39 is 18.2 Å². The molecule has 0 radical (unpaired) electrons. The number of para-hydroxylation sites is 3. The maximum Gasteiger partial charge on any atom is 0.520 e. The van der Waals surface area contributed by atoms with Crippen LogP contribution in [0.25, 0.3) is 10.9 Å². The van der Waals surface area contributed by atoms with Crippen LogP contribution in [0.3, 0.4) is 0 Å². The van der Waals surface area contributed by atoms with Crippen LogP contribution in [0.15, 0.2) is 84.9 Å². The first-order valence-corrected chi connectivity index (χ1v) is 11.8. The minimum absolute atomic E-state index is 0.0347. The van der Waals surface area contributed by atoms with Crippen molar-refractivity contribution in [1.29, 1.82) is 0 Å². The summed E-state index contributed by atoms with van der Waals surface area (Å²) in [7, 11) is 1.56. The van der Waals surface area contributed by atoms with Crippen LogP contribution in [-0.4, -0.2) is 56.2 Å². The predicted octanol–water partition coefficient (Wildman–Crippen LogP) is 4.66. The van der Waals surface area contributed by atoms with Gasteiger partial charge in [0.25, 0.3) is 5.91 Å². The number of nitrogens with zero attached hydrogens (tertiary/aromatic N) is 1. The van der Waals surface area contributed by atoms with Crippen LogP contribution in [0.2, 0.25) is 0 Å². The van der Waals surface area contributed by atoms with Crippen molar-refractivity contribution in [3.05, 3.63) is 90.5 Å². The molecule has 0 saturated carbocycles. The second-order valence-electron chi connectivity index (χ2n) is 7.84. The highest BCUT2D eigenvalue weighted by Gasteiger charge is 2.30. The average Bonchev–Trinajstić information content (AvgIpc) is 3.25. The Labute approximate surface area is 218 Å². The Kier molecular flexibility index (Phi) is 9.06. The first-order chi connectivity index (χ1) is 18.6. The molecule has 0 aliphatic carbocycles. The molecule has 10 nitrogen and oxygen atoms in total. The summed E-state index contributed by atoms with van der Waals surface area (Å²) in [5.41, 5.74) is 0.268. The highest BCUT2D eigenvalue weighted by molar-refractivity contribution is 6.12. The van der Waals surface area contributed by atoms with Crippen LogP contribution in [0.1, 0.15) is 10.4 Å². The fourth-order valence-corrected chi connectivity index (χ4v) is 3.60. The number of rotatable bonds is 10. The number of aromatic nitrogens is 1. The van der Waals surface area contributed by atoms with Crippen LogP contribution >= 0.6 is 0 Å². The van der Waals surface area contributed by atoms with Crippen molar-refractivity contribution in [2.75, 3.05) is 33.5 Å². The van der Waals surface area contributed by atoms with E-state index in [0.717, 1.165) is 4.57 Å². The molecule has 0 saturated heterocycles. The molecule has 0 atom stereocenters. The summed E-state index contributed by atoms with van der Waals surface area (Å²) < 4.78 is 27.6. The maximum absolute atomic E-state index is 13.3. The number of methoxy groups -OCH3 is 1. The normalized spacial score (nSPS) is 10.7. The summed E-state index contributed by atoms with van der Waals surface area (Å²) in [5.74, 6) is -0.422. The zero-order valence-electron chi connectivity index (χ0n) is 20.6. The maximum atomic E-state index is 13.3. The van der Waals surface area contributed by atoms with Gasteiger partial charge in [0.2, 0.25) is 5.88 Å². The van der Waals surface area contributed by atoms with Crippen molar-refractivity contribution in [1.82, 2.24) is 9.88 Å². The van der Waals surface area contributed by atoms with Gasteiger partial charge >= 0.3 is 12.2 Å². The van der Waals surface area contributed by atoms with Gasteiger partial charge in [-0.1, -0.05) is 54.6 Å². The summed E-state index contributed by atoms with van der Waals surface area (Å²) in [6.45, 7) is 1.20. The lowest BCUT2D eigenvalue weighted by Gasteiger charge is -2.12. The number of ether oxygens (including phenoxy) is 5. The minimum atomic E-state index is -1.13. The van der Waals surface area contributed by atoms with Gasteiger partial charge in [-0.15, -0.1) is 0 Å². The molecule has 1 amide bonds. The lowest BCUT2D eigenvalue weighted by atomic mass is 10.1. The van der Waals surface area contributed by atoms with Gasteiger partial charge in [0.1, 0.15) is 17.1 Å². The average molecular weight is 519 g/mol. The highest BCUT2D eigenvalue weighted by atomic mass is 16.7. The van der Waals surface area contributed by atoms with Gasteiger partial charge in [0, 0.05) is 19.0 Å². The minimum Gasteiger partial charge on any atom is -0.410 e. The van der Waals surface area contributed by atoms with Gasteiger partial charge in [-0.3, -0.25) is 4.79 Å². The second-order valence-corrected chi connectivity index (χ2v) is 7.84. The van der Waals surface area contributed by atoms with Crippen molar-refractivity contribution in [3.8, 4) is 17.4 Å². The lowest BCUT2D eigenvalue weighted by molar-refractivity contribution is 0.0692. The van der Waals surface area contributed by atoms with Crippen LogP contribution in [0, 0.1) is 0 Å². The number of hydrogen-bond acceptors (Lipinski definition) is 8. The molecular weight excluding hydrogens is 492 g/mol. The number of benzene rings is 3. The molecule has 1 heterocycles. The molecule has 3 aromatic carbocycles. The number of hydrogen-bond donors (Lipinski definition) is 1. The van der Waals surface area contributed by atoms with Gasteiger partial charge < -0.3 is 29.0 Å². The van der Waals surface area contributed by atoms with Crippen molar-refractivity contribution < 1.29 is 38.1 Å². The SMILES string of the molecule is COCCOCCNC(=O)c1c(OC(=O)Oc2ccccc2)n(C(=O)Oc2ccccc2)c2ccccc12. The zero-order chi connectivity index (χ0) is 26.7. The first-order valence-electron chi connectivity index (χ1n) is 11.8. The molecule has 1 N–H and O–H groups in total. The molecule has 0 spiro atoms. The van der Waals surface area contributed by atoms with Gasteiger partial charge in [-0.2, -0.15) is 0 Å². The summed E-state index contributed by atoms with van der Waals surface area (Å²) in [5, 5.41) is 3.10. The predicted molar refractivity (Wildman–Crippen MR) is 138 cm³/mol. The highest BCUT2D eigenvalue weighted by Crippen LogP contribution is 2.33. The van der Waals surface area contributed by atoms with E-state index in [0.29, 0.717) is 24.1 Å². The summed E-state index contributed by atoms with van der Waals surface area (Å²) >= 11 is 0. The number of carbonyl (C=O) groups is 3.